The van der Waals surface area contributed by atoms with Crippen molar-refractivity contribution in [1.29, 1.82) is 0 Å². The number of carboxylic acids is 1. The second-order valence-electron chi connectivity index (χ2n) is 3.84. The molecule has 0 radical (unpaired) electrons. The monoisotopic (exact) mass is 271 g/mol. The molecule has 0 unspecified atom stereocenters. The van der Waals surface area contributed by atoms with Crippen molar-refractivity contribution in [3.63, 3.8) is 0 Å². The maximum atomic E-state index is 12.0. The van der Waals surface area contributed by atoms with Gasteiger partial charge in [0.2, 0.25) is 5.43 Å². The van der Waals surface area contributed by atoms with Gasteiger partial charge in [0.25, 0.3) is 0 Å². The molecule has 0 aliphatic rings. The number of hydrogen-bond acceptors (Lipinski definition) is 4. The highest BCUT2D eigenvalue weighted by Crippen LogP contribution is 2.10. The standard InChI is InChI=1S/C14H9NO5/c1-20-12(16)5-3-8-2-4-11-9(6-8)13(17)10(7-15-11)14(18)19/h2,4,6-7H,1H3,(H,15,17)(H,18,19). The van der Waals surface area contributed by atoms with Crippen molar-refractivity contribution in [2.45, 2.75) is 0 Å². The number of carboxylic acid groups (broad SMARTS) is 1. The second kappa shape index (κ2) is 5.28. The van der Waals surface area contributed by atoms with E-state index >= 15 is 0 Å². The Kier molecular flexibility index (Phi) is 3.53. The quantitative estimate of drug-likeness (QED) is 0.589. The number of esters is 1. The lowest BCUT2D eigenvalue weighted by Gasteiger charge is -2.00. The number of aromatic carboxylic acids is 1. The molecule has 1 aromatic heterocycles. The van der Waals surface area contributed by atoms with Crippen LogP contribution < -0.4 is 5.43 Å². The fourth-order valence-electron chi connectivity index (χ4n) is 1.63. The van der Waals surface area contributed by atoms with Gasteiger partial charge in [-0.05, 0) is 18.2 Å². The molecule has 0 saturated carbocycles. The summed E-state index contributed by atoms with van der Waals surface area (Å²) in [5, 5.41) is 9.09. The molecule has 6 nitrogen and oxygen atoms in total. The number of methoxy groups -OCH3 is 1. The molecular formula is C14H9NO5. The molecule has 0 bridgehead atoms. The molecule has 2 N–H and O–H groups in total. The van der Waals surface area contributed by atoms with Crippen molar-refractivity contribution in [2.75, 3.05) is 7.11 Å². The van der Waals surface area contributed by atoms with Gasteiger partial charge in [-0.1, -0.05) is 5.92 Å². The summed E-state index contributed by atoms with van der Waals surface area (Å²) < 4.78 is 4.38. The minimum Gasteiger partial charge on any atom is -0.477 e. The number of ether oxygens (including phenoxy) is 1. The largest absolute Gasteiger partial charge is 0.477 e. The molecule has 100 valence electrons. The number of carbonyl (C=O) groups excluding carboxylic acids is 1. The van der Waals surface area contributed by atoms with Crippen LogP contribution in [-0.4, -0.2) is 29.1 Å². The number of carbonyl (C=O) groups is 2. The van der Waals surface area contributed by atoms with E-state index in [1.54, 1.807) is 12.1 Å². The first-order valence-corrected chi connectivity index (χ1v) is 5.51. The summed E-state index contributed by atoms with van der Waals surface area (Å²) in [5.41, 5.74) is -0.0527. The number of aromatic nitrogens is 1. The molecule has 1 heterocycles. The topological polar surface area (TPSA) is 96.5 Å². The normalized spacial score (nSPS) is 9.65. The van der Waals surface area contributed by atoms with E-state index in [0.717, 1.165) is 6.20 Å². The molecule has 6 heteroatoms. The predicted molar refractivity (Wildman–Crippen MR) is 70.4 cm³/mol. The Morgan fingerprint density at radius 1 is 1.35 bits per heavy atom. The van der Waals surface area contributed by atoms with Crippen LogP contribution in [0.5, 0.6) is 0 Å². The first-order chi connectivity index (χ1) is 9.52. The van der Waals surface area contributed by atoms with Crippen molar-refractivity contribution < 1.29 is 19.4 Å². The summed E-state index contributed by atoms with van der Waals surface area (Å²) in [6.45, 7) is 0. The van der Waals surface area contributed by atoms with Crippen molar-refractivity contribution in [3.8, 4) is 11.8 Å². The van der Waals surface area contributed by atoms with Crippen LogP contribution in [0.25, 0.3) is 10.9 Å². The molecule has 0 atom stereocenters. The summed E-state index contributed by atoms with van der Waals surface area (Å²) in [7, 11) is 1.21. The zero-order valence-corrected chi connectivity index (χ0v) is 10.4. The van der Waals surface area contributed by atoms with E-state index < -0.39 is 17.4 Å². The Labute approximate surface area is 113 Å². The van der Waals surface area contributed by atoms with E-state index in [9.17, 15) is 14.4 Å². The Bertz CT molecular complexity index is 823. The summed E-state index contributed by atoms with van der Waals surface area (Å²) in [6, 6.07) is 4.62. The molecule has 2 aromatic rings. The number of aromatic amines is 1. The van der Waals surface area contributed by atoms with Crippen molar-refractivity contribution in [3.05, 3.63) is 45.7 Å². The van der Waals surface area contributed by atoms with Gasteiger partial charge in [-0.2, -0.15) is 0 Å². The number of hydrogen-bond donors (Lipinski definition) is 2. The zero-order valence-electron chi connectivity index (χ0n) is 10.4. The minimum absolute atomic E-state index is 0.196. The van der Waals surface area contributed by atoms with Gasteiger partial charge in [0.05, 0.1) is 7.11 Å². The van der Waals surface area contributed by atoms with Crippen molar-refractivity contribution >= 4 is 22.8 Å². The lowest BCUT2D eigenvalue weighted by atomic mass is 10.1. The molecular weight excluding hydrogens is 262 g/mol. The van der Waals surface area contributed by atoms with E-state index in [1.165, 1.54) is 13.2 Å². The highest BCUT2D eigenvalue weighted by Gasteiger charge is 2.11. The Morgan fingerprint density at radius 3 is 2.75 bits per heavy atom. The van der Waals surface area contributed by atoms with Gasteiger partial charge in [0.15, 0.2) is 0 Å². The van der Waals surface area contributed by atoms with Crippen LogP contribution in [-0.2, 0) is 9.53 Å². The number of fused-ring (bicyclic) bond motifs is 1. The number of H-pyrrole nitrogens is 1. The average molecular weight is 271 g/mol. The molecule has 0 aliphatic carbocycles. The third-order valence-electron chi connectivity index (χ3n) is 2.61. The SMILES string of the molecule is COC(=O)C#Cc1ccc2[nH]cc(C(=O)O)c(=O)c2c1. The van der Waals surface area contributed by atoms with Gasteiger partial charge < -0.3 is 14.8 Å². The highest BCUT2D eigenvalue weighted by atomic mass is 16.5. The highest BCUT2D eigenvalue weighted by molar-refractivity contribution is 5.93. The van der Waals surface area contributed by atoms with Gasteiger partial charge >= 0.3 is 11.9 Å². The van der Waals surface area contributed by atoms with Crippen LogP contribution in [0.15, 0.2) is 29.2 Å². The number of nitrogens with one attached hydrogen (secondary N) is 1. The van der Waals surface area contributed by atoms with Crippen molar-refractivity contribution in [1.82, 2.24) is 4.98 Å². The van der Waals surface area contributed by atoms with Crippen LogP contribution in [0.2, 0.25) is 0 Å². The van der Waals surface area contributed by atoms with Gasteiger partial charge in [0.1, 0.15) is 5.56 Å². The first kappa shape index (κ1) is 13.4. The molecule has 0 saturated heterocycles. The van der Waals surface area contributed by atoms with Crippen LogP contribution in [0.1, 0.15) is 15.9 Å². The molecule has 1 aromatic carbocycles. The molecule has 20 heavy (non-hydrogen) atoms. The average Bonchev–Trinajstić information content (AvgIpc) is 2.45. The Hall–Kier alpha value is -3.07. The third-order valence-corrected chi connectivity index (χ3v) is 2.61. The van der Waals surface area contributed by atoms with Gasteiger partial charge in [-0.25, -0.2) is 9.59 Å². The molecule has 2 rings (SSSR count). The fourth-order valence-corrected chi connectivity index (χ4v) is 1.63. The van der Waals surface area contributed by atoms with Gasteiger partial charge in [-0.15, -0.1) is 0 Å². The van der Waals surface area contributed by atoms with E-state index in [4.69, 9.17) is 5.11 Å². The Morgan fingerprint density at radius 2 is 2.10 bits per heavy atom. The third kappa shape index (κ3) is 2.52. The van der Waals surface area contributed by atoms with Crippen LogP contribution >= 0.6 is 0 Å². The second-order valence-corrected chi connectivity index (χ2v) is 3.84. The number of pyridine rings is 1. The molecule has 0 fully saturated rings. The summed E-state index contributed by atoms with van der Waals surface area (Å²) in [6.07, 6.45) is 1.15. The van der Waals surface area contributed by atoms with Gasteiger partial charge in [0, 0.05) is 28.6 Å². The maximum Gasteiger partial charge on any atom is 0.384 e. The molecule has 0 aliphatic heterocycles. The number of benzene rings is 1. The predicted octanol–water partition coefficient (Wildman–Crippen LogP) is 0.751. The van der Waals surface area contributed by atoms with E-state index in [1.807, 2.05) is 0 Å². The van der Waals surface area contributed by atoms with E-state index in [0.29, 0.717) is 11.1 Å². The lowest BCUT2D eigenvalue weighted by molar-refractivity contribution is -0.133. The summed E-state index contributed by atoms with van der Waals surface area (Å²) >= 11 is 0. The Balaban J connectivity index is 2.60. The van der Waals surface area contributed by atoms with Gasteiger partial charge in [-0.3, -0.25) is 4.79 Å². The fraction of sp³-hybridized carbons (Fsp3) is 0.0714. The van der Waals surface area contributed by atoms with Crippen LogP contribution in [0.4, 0.5) is 0 Å². The molecule has 0 amide bonds. The number of rotatable bonds is 1. The molecule has 0 spiro atoms. The lowest BCUT2D eigenvalue weighted by Crippen LogP contribution is -2.15. The summed E-state index contributed by atoms with van der Waals surface area (Å²) in [5.74, 6) is 2.77. The van der Waals surface area contributed by atoms with Crippen LogP contribution in [0, 0.1) is 11.8 Å². The summed E-state index contributed by atoms with van der Waals surface area (Å²) in [4.78, 5) is 36.5. The van der Waals surface area contributed by atoms with E-state index in [2.05, 4.69) is 21.6 Å². The minimum atomic E-state index is -1.31. The first-order valence-electron chi connectivity index (χ1n) is 5.51. The van der Waals surface area contributed by atoms with E-state index in [-0.39, 0.29) is 10.9 Å². The van der Waals surface area contributed by atoms with Crippen LogP contribution in [0.3, 0.4) is 0 Å². The zero-order chi connectivity index (χ0) is 14.7. The maximum absolute atomic E-state index is 12.0. The smallest absolute Gasteiger partial charge is 0.384 e. The van der Waals surface area contributed by atoms with Crippen molar-refractivity contribution in [2.24, 2.45) is 0 Å².